The highest BCUT2D eigenvalue weighted by Crippen LogP contribution is 2.01. The molecule has 1 heteroatoms. The lowest BCUT2D eigenvalue weighted by atomic mass is 10.1. The summed E-state index contributed by atoms with van der Waals surface area (Å²) in [7, 11) is 0. The average Bonchev–Trinajstić information content (AvgIpc) is 1.79. The van der Waals surface area contributed by atoms with Crippen molar-refractivity contribution in [2.24, 2.45) is 5.92 Å². The summed E-state index contributed by atoms with van der Waals surface area (Å²) in [5, 5.41) is 0. The van der Waals surface area contributed by atoms with Gasteiger partial charge in [0.25, 0.3) is 0 Å². The van der Waals surface area contributed by atoms with Gasteiger partial charge >= 0.3 is 0 Å². The molecule has 56 valence electrons. The Balaban J connectivity index is 3.38. The van der Waals surface area contributed by atoms with Crippen molar-refractivity contribution in [1.82, 2.24) is 0 Å². The summed E-state index contributed by atoms with van der Waals surface area (Å²) < 4.78 is 0. The van der Waals surface area contributed by atoms with Crippen LogP contribution < -0.4 is 0 Å². The molecule has 0 amide bonds. The third-order valence-electron chi connectivity index (χ3n) is 1.11. The standard InChI is InChI=1S/C9H14O/c1-8(2)6-4-5-7-9(3)10/h8H,4,6H2,1-3H3. The zero-order valence-electron chi connectivity index (χ0n) is 6.90. The van der Waals surface area contributed by atoms with Gasteiger partial charge in [0.05, 0.1) is 0 Å². The van der Waals surface area contributed by atoms with Gasteiger partial charge in [-0.15, -0.1) is 0 Å². The lowest BCUT2D eigenvalue weighted by molar-refractivity contribution is -0.111. The second-order valence-corrected chi connectivity index (χ2v) is 2.79. The Morgan fingerprint density at radius 3 is 2.50 bits per heavy atom. The molecule has 0 bridgehead atoms. The highest BCUT2D eigenvalue weighted by molar-refractivity contribution is 5.93. The lowest BCUT2D eigenvalue weighted by Crippen LogP contribution is -1.85. The van der Waals surface area contributed by atoms with Crippen LogP contribution in [0.3, 0.4) is 0 Å². The van der Waals surface area contributed by atoms with Crippen molar-refractivity contribution in [3.8, 4) is 11.8 Å². The van der Waals surface area contributed by atoms with E-state index in [4.69, 9.17) is 0 Å². The van der Waals surface area contributed by atoms with Crippen LogP contribution in [0.25, 0.3) is 0 Å². The molecule has 0 aliphatic carbocycles. The number of hydrogen-bond acceptors (Lipinski definition) is 1. The van der Waals surface area contributed by atoms with Gasteiger partial charge in [-0.2, -0.15) is 0 Å². The van der Waals surface area contributed by atoms with Crippen molar-refractivity contribution in [1.29, 1.82) is 0 Å². The Labute approximate surface area is 62.8 Å². The third-order valence-corrected chi connectivity index (χ3v) is 1.11. The summed E-state index contributed by atoms with van der Waals surface area (Å²) in [6.45, 7) is 5.78. The minimum absolute atomic E-state index is 0.0382. The molecule has 0 rings (SSSR count). The molecule has 0 fully saturated rings. The first kappa shape index (κ1) is 9.23. The van der Waals surface area contributed by atoms with Crippen LogP contribution in [0.1, 0.15) is 33.6 Å². The van der Waals surface area contributed by atoms with Crippen molar-refractivity contribution in [2.45, 2.75) is 33.6 Å². The topological polar surface area (TPSA) is 17.1 Å². The average molecular weight is 138 g/mol. The van der Waals surface area contributed by atoms with E-state index >= 15 is 0 Å². The Bertz CT molecular complexity index is 157. The van der Waals surface area contributed by atoms with Crippen LogP contribution in [-0.4, -0.2) is 5.78 Å². The first-order valence-electron chi connectivity index (χ1n) is 3.62. The van der Waals surface area contributed by atoms with Crippen molar-refractivity contribution >= 4 is 5.78 Å². The molecule has 0 saturated carbocycles. The second kappa shape index (κ2) is 5.05. The SMILES string of the molecule is CC(=O)C#CCCC(C)C. The molecular formula is C9H14O. The fraction of sp³-hybridized carbons (Fsp3) is 0.667. The third kappa shape index (κ3) is 7.23. The smallest absolute Gasteiger partial charge is 0.202 e. The maximum absolute atomic E-state index is 10.3. The fourth-order valence-electron chi connectivity index (χ4n) is 0.548. The number of ketones is 1. The largest absolute Gasteiger partial charge is 0.285 e. The van der Waals surface area contributed by atoms with E-state index in [1.807, 2.05) is 0 Å². The lowest BCUT2D eigenvalue weighted by Gasteiger charge is -1.96. The van der Waals surface area contributed by atoms with Crippen molar-refractivity contribution < 1.29 is 4.79 Å². The molecule has 10 heavy (non-hydrogen) atoms. The predicted octanol–water partition coefficient (Wildman–Crippen LogP) is 2.01. The highest BCUT2D eigenvalue weighted by atomic mass is 16.1. The highest BCUT2D eigenvalue weighted by Gasteiger charge is 1.89. The number of carbonyl (C=O) groups excluding carboxylic acids is 1. The van der Waals surface area contributed by atoms with Gasteiger partial charge < -0.3 is 0 Å². The zero-order valence-corrected chi connectivity index (χ0v) is 6.90. The molecule has 0 heterocycles. The van der Waals surface area contributed by atoms with Gasteiger partial charge in [0, 0.05) is 13.3 Å². The Morgan fingerprint density at radius 1 is 1.50 bits per heavy atom. The summed E-state index contributed by atoms with van der Waals surface area (Å²) >= 11 is 0. The van der Waals surface area contributed by atoms with E-state index in [2.05, 4.69) is 25.7 Å². The van der Waals surface area contributed by atoms with Gasteiger partial charge in [0.15, 0.2) is 0 Å². The molecule has 0 aromatic heterocycles. The van der Waals surface area contributed by atoms with Crippen molar-refractivity contribution in [3.63, 3.8) is 0 Å². The summed E-state index contributed by atoms with van der Waals surface area (Å²) in [5.41, 5.74) is 0. The van der Waals surface area contributed by atoms with Gasteiger partial charge in [-0.25, -0.2) is 0 Å². The molecule has 0 unspecified atom stereocenters. The summed E-state index contributed by atoms with van der Waals surface area (Å²) in [6.07, 6.45) is 1.93. The first-order chi connectivity index (χ1) is 4.63. The number of carbonyl (C=O) groups is 1. The van der Waals surface area contributed by atoms with Gasteiger partial charge in [0.2, 0.25) is 5.78 Å². The van der Waals surface area contributed by atoms with Crippen LogP contribution >= 0.6 is 0 Å². The van der Waals surface area contributed by atoms with E-state index in [1.165, 1.54) is 6.92 Å². The monoisotopic (exact) mass is 138 g/mol. The molecule has 0 N–H and O–H groups in total. The molecule has 1 nitrogen and oxygen atoms in total. The van der Waals surface area contributed by atoms with Crippen molar-refractivity contribution in [2.75, 3.05) is 0 Å². The Hall–Kier alpha value is -0.770. The van der Waals surface area contributed by atoms with E-state index in [9.17, 15) is 4.79 Å². The van der Waals surface area contributed by atoms with Crippen LogP contribution in [0.15, 0.2) is 0 Å². The number of rotatable bonds is 2. The van der Waals surface area contributed by atoms with Crippen LogP contribution in [0.4, 0.5) is 0 Å². The second-order valence-electron chi connectivity index (χ2n) is 2.79. The molecule has 0 aromatic rings. The van der Waals surface area contributed by atoms with E-state index in [0.29, 0.717) is 5.92 Å². The van der Waals surface area contributed by atoms with Crippen LogP contribution in [0.2, 0.25) is 0 Å². The van der Waals surface area contributed by atoms with E-state index in [1.54, 1.807) is 0 Å². The zero-order chi connectivity index (χ0) is 7.98. The fourth-order valence-corrected chi connectivity index (χ4v) is 0.548. The molecular weight excluding hydrogens is 124 g/mol. The van der Waals surface area contributed by atoms with Gasteiger partial charge in [0.1, 0.15) is 0 Å². The van der Waals surface area contributed by atoms with Crippen LogP contribution in [-0.2, 0) is 4.79 Å². The Kier molecular flexibility index (Phi) is 4.66. The number of hydrogen-bond donors (Lipinski definition) is 0. The summed E-state index contributed by atoms with van der Waals surface area (Å²) in [6, 6.07) is 0. The molecule has 0 saturated heterocycles. The summed E-state index contributed by atoms with van der Waals surface area (Å²) in [4.78, 5) is 10.3. The van der Waals surface area contributed by atoms with Crippen LogP contribution in [0.5, 0.6) is 0 Å². The van der Waals surface area contributed by atoms with Crippen molar-refractivity contribution in [3.05, 3.63) is 0 Å². The van der Waals surface area contributed by atoms with Gasteiger partial charge in [-0.05, 0) is 18.3 Å². The maximum atomic E-state index is 10.3. The van der Waals surface area contributed by atoms with E-state index in [-0.39, 0.29) is 5.78 Å². The Morgan fingerprint density at radius 2 is 2.10 bits per heavy atom. The molecule has 0 radical (unpaired) electrons. The molecule has 0 aliphatic rings. The molecule has 0 aromatic carbocycles. The molecule has 0 aliphatic heterocycles. The van der Waals surface area contributed by atoms with Gasteiger partial charge in [-0.3, -0.25) is 4.79 Å². The predicted molar refractivity (Wildman–Crippen MR) is 42.5 cm³/mol. The maximum Gasteiger partial charge on any atom is 0.202 e. The van der Waals surface area contributed by atoms with E-state index < -0.39 is 0 Å². The normalized spacial score (nSPS) is 8.80. The number of Topliss-reactive ketones (excluding diaryl/α,β-unsaturated/α-hetero) is 1. The van der Waals surface area contributed by atoms with E-state index in [0.717, 1.165) is 12.8 Å². The minimum Gasteiger partial charge on any atom is -0.285 e. The summed E-state index contributed by atoms with van der Waals surface area (Å²) in [5.74, 6) is 5.97. The van der Waals surface area contributed by atoms with Gasteiger partial charge in [-0.1, -0.05) is 19.8 Å². The molecule has 0 atom stereocenters. The van der Waals surface area contributed by atoms with Crippen LogP contribution in [0, 0.1) is 17.8 Å². The first-order valence-corrected chi connectivity index (χ1v) is 3.62. The molecule has 0 spiro atoms. The minimum atomic E-state index is -0.0382. The quantitative estimate of drug-likeness (QED) is 0.421.